The Morgan fingerprint density at radius 3 is 2.50 bits per heavy atom. The van der Waals surface area contributed by atoms with Crippen molar-refractivity contribution in [2.75, 3.05) is 18.6 Å². The van der Waals surface area contributed by atoms with Gasteiger partial charge in [-0.15, -0.1) is 0 Å². The SMILES string of the molecule is COc1cccc(NBr)c1OC. The topological polar surface area (TPSA) is 30.5 Å². The minimum atomic E-state index is 0.692. The lowest BCUT2D eigenvalue weighted by molar-refractivity contribution is 0.356. The van der Waals surface area contributed by atoms with E-state index in [1.165, 1.54) is 0 Å². The van der Waals surface area contributed by atoms with Crippen LogP contribution in [0.2, 0.25) is 0 Å². The molecule has 0 unspecified atom stereocenters. The first-order chi connectivity index (χ1) is 5.83. The largest absolute Gasteiger partial charge is 0.493 e. The average Bonchev–Trinajstić information content (AvgIpc) is 2.16. The second-order valence-electron chi connectivity index (χ2n) is 2.14. The monoisotopic (exact) mass is 231 g/mol. The quantitative estimate of drug-likeness (QED) is 0.812. The van der Waals surface area contributed by atoms with Gasteiger partial charge in [0.1, 0.15) is 0 Å². The van der Waals surface area contributed by atoms with Gasteiger partial charge in [0.05, 0.1) is 19.9 Å². The van der Waals surface area contributed by atoms with Crippen LogP contribution in [0, 0.1) is 0 Å². The van der Waals surface area contributed by atoms with Crippen LogP contribution in [0.4, 0.5) is 5.69 Å². The van der Waals surface area contributed by atoms with E-state index in [2.05, 4.69) is 20.5 Å². The highest BCUT2D eigenvalue weighted by Crippen LogP contribution is 2.34. The number of benzene rings is 1. The molecule has 0 spiro atoms. The zero-order valence-corrected chi connectivity index (χ0v) is 8.51. The van der Waals surface area contributed by atoms with Crippen molar-refractivity contribution in [3.05, 3.63) is 18.2 Å². The first-order valence-electron chi connectivity index (χ1n) is 3.41. The van der Waals surface area contributed by atoms with Gasteiger partial charge in [-0.1, -0.05) is 6.07 Å². The maximum Gasteiger partial charge on any atom is 0.184 e. The molecule has 0 bridgehead atoms. The molecule has 1 rings (SSSR count). The highest BCUT2D eigenvalue weighted by atomic mass is 79.9. The Balaban J connectivity index is 3.13. The van der Waals surface area contributed by atoms with Gasteiger partial charge in [0.2, 0.25) is 0 Å². The van der Waals surface area contributed by atoms with E-state index in [9.17, 15) is 0 Å². The molecule has 0 amide bonds. The zero-order valence-electron chi connectivity index (χ0n) is 6.93. The molecule has 1 aromatic rings. The number of para-hydroxylation sites is 1. The molecular weight excluding hydrogens is 222 g/mol. The van der Waals surface area contributed by atoms with Crippen molar-refractivity contribution in [3.63, 3.8) is 0 Å². The number of nitrogens with one attached hydrogen (secondary N) is 1. The van der Waals surface area contributed by atoms with Gasteiger partial charge < -0.3 is 13.8 Å². The van der Waals surface area contributed by atoms with Gasteiger partial charge in [-0.3, -0.25) is 0 Å². The molecule has 0 fully saturated rings. The van der Waals surface area contributed by atoms with Crippen molar-refractivity contribution in [2.24, 2.45) is 0 Å². The molecule has 0 radical (unpaired) electrons. The van der Waals surface area contributed by atoms with Crippen LogP contribution in [0.1, 0.15) is 0 Å². The van der Waals surface area contributed by atoms with Gasteiger partial charge in [-0.2, -0.15) is 0 Å². The van der Waals surface area contributed by atoms with Gasteiger partial charge in [-0.05, 0) is 12.1 Å². The van der Waals surface area contributed by atoms with E-state index in [1.807, 2.05) is 18.2 Å². The maximum atomic E-state index is 5.14. The van der Waals surface area contributed by atoms with Gasteiger partial charge in [-0.25, -0.2) is 0 Å². The molecule has 0 heterocycles. The molecule has 0 aliphatic heterocycles. The molecule has 4 heteroatoms. The number of ether oxygens (including phenoxy) is 2. The van der Waals surface area contributed by atoms with Crippen LogP contribution in [0.3, 0.4) is 0 Å². The van der Waals surface area contributed by atoms with Crippen LogP contribution in [0.5, 0.6) is 11.5 Å². The summed E-state index contributed by atoms with van der Waals surface area (Å²) in [4.78, 5) is 0. The molecule has 0 saturated heterocycles. The van der Waals surface area contributed by atoms with E-state index in [1.54, 1.807) is 14.2 Å². The Kier molecular flexibility index (Phi) is 3.22. The van der Waals surface area contributed by atoms with Crippen molar-refractivity contribution in [3.8, 4) is 11.5 Å². The zero-order chi connectivity index (χ0) is 8.97. The van der Waals surface area contributed by atoms with Gasteiger partial charge in [0.15, 0.2) is 11.5 Å². The fraction of sp³-hybridized carbons (Fsp3) is 0.250. The number of hydrogen-bond donors (Lipinski definition) is 1. The van der Waals surface area contributed by atoms with Crippen LogP contribution in [-0.2, 0) is 0 Å². The summed E-state index contributed by atoms with van der Waals surface area (Å²) >= 11 is 3.13. The lowest BCUT2D eigenvalue weighted by Crippen LogP contribution is -1.93. The molecule has 1 N–H and O–H groups in total. The van der Waals surface area contributed by atoms with Gasteiger partial charge in [0, 0.05) is 16.1 Å². The Bertz CT molecular complexity index is 243. The molecule has 0 aliphatic rings. The van der Waals surface area contributed by atoms with Crippen LogP contribution >= 0.6 is 16.1 Å². The van der Waals surface area contributed by atoms with Crippen LogP contribution < -0.4 is 13.8 Å². The highest BCUT2D eigenvalue weighted by molar-refractivity contribution is 9.10. The number of rotatable bonds is 3. The van der Waals surface area contributed by atoms with Crippen LogP contribution in [0.15, 0.2) is 18.2 Å². The first-order valence-corrected chi connectivity index (χ1v) is 4.20. The van der Waals surface area contributed by atoms with Gasteiger partial charge >= 0.3 is 0 Å². The number of hydrogen-bond acceptors (Lipinski definition) is 3. The molecular formula is C8H10BrNO2. The average molecular weight is 232 g/mol. The Morgan fingerprint density at radius 1 is 1.25 bits per heavy atom. The minimum absolute atomic E-state index is 0.692. The predicted octanol–water partition coefficient (Wildman–Crippen LogP) is 2.43. The van der Waals surface area contributed by atoms with Crippen LogP contribution in [0.25, 0.3) is 0 Å². The van der Waals surface area contributed by atoms with Crippen molar-refractivity contribution >= 4 is 21.8 Å². The highest BCUT2D eigenvalue weighted by Gasteiger charge is 2.06. The molecule has 0 atom stereocenters. The van der Waals surface area contributed by atoms with Gasteiger partial charge in [0.25, 0.3) is 0 Å². The molecule has 0 aliphatic carbocycles. The number of halogens is 1. The minimum Gasteiger partial charge on any atom is -0.493 e. The van der Waals surface area contributed by atoms with E-state index in [0.29, 0.717) is 11.5 Å². The van der Waals surface area contributed by atoms with Crippen molar-refractivity contribution in [1.29, 1.82) is 0 Å². The van der Waals surface area contributed by atoms with E-state index < -0.39 is 0 Å². The molecule has 0 saturated carbocycles. The molecule has 66 valence electrons. The maximum absolute atomic E-state index is 5.14. The van der Waals surface area contributed by atoms with E-state index in [0.717, 1.165) is 5.69 Å². The number of anilines is 1. The summed E-state index contributed by atoms with van der Waals surface area (Å²) in [6.07, 6.45) is 0. The second kappa shape index (κ2) is 4.21. The Labute approximate surface area is 80.0 Å². The summed E-state index contributed by atoms with van der Waals surface area (Å²) < 4.78 is 13.1. The third kappa shape index (κ3) is 1.64. The smallest absolute Gasteiger partial charge is 0.184 e. The number of methoxy groups -OCH3 is 2. The Morgan fingerprint density at radius 2 is 2.00 bits per heavy atom. The van der Waals surface area contributed by atoms with E-state index in [4.69, 9.17) is 9.47 Å². The summed E-state index contributed by atoms with van der Waals surface area (Å²) in [6.45, 7) is 0. The summed E-state index contributed by atoms with van der Waals surface area (Å²) in [6, 6.07) is 5.60. The molecule has 1 aromatic carbocycles. The summed E-state index contributed by atoms with van der Waals surface area (Å²) in [5.74, 6) is 1.40. The lowest BCUT2D eigenvalue weighted by Gasteiger charge is -2.10. The third-order valence-corrected chi connectivity index (χ3v) is 1.93. The lowest BCUT2D eigenvalue weighted by atomic mass is 10.3. The van der Waals surface area contributed by atoms with E-state index in [-0.39, 0.29) is 0 Å². The fourth-order valence-corrected chi connectivity index (χ4v) is 1.27. The van der Waals surface area contributed by atoms with E-state index >= 15 is 0 Å². The summed E-state index contributed by atoms with van der Waals surface area (Å²) in [5, 5.41) is 0. The third-order valence-electron chi connectivity index (χ3n) is 1.50. The standard InChI is InChI=1S/C8H10BrNO2/c1-11-7-5-3-4-6(10-9)8(7)12-2/h3-5,10H,1-2H3. The van der Waals surface area contributed by atoms with Crippen molar-refractivity contribution in [2.45, 2.75) is 0 Å². The normalized spacial score (nSPS) is 9.25. The summed E-state index contributed by atoms with van der Waals surface area (Å²) in [7, 11) is 3.21. The summed E-state index contributed by atoms with van der Waals surface area (Å²) in [5.41, 5.74) is 0.844. The Hall–Kier alpha value is -0.900. The molecule has 0 aromatic heterocycles. The first kappa shape index (κ1) is 9.19. The predicted molar refractivity (Wildman–Crippen MR) is 52.1 cm³/mol. The fourth-order valence-electron chi connectivity index (χ4n) is 0.962. The van der Waals surface area contributed by atoms with Crippen LogP contribution in [-0.4, -0.2) is 14.2 Å². The van der Waals surface area contributed by atoms with Crippen molar-refractivity contribution < 1.29 is 9.47 Å². The molecule has 12 heavy (non-hydrogen) atoms. The molecule has 3 nitrogen and oxygen atoms in total. The second-order valence-corrected chi connectivity index (χ2v) is 2.53. The van der Waals surface area contributed by atoms with Crippen molar-refractivity contribution in [1.82, 2.24) is 0 Å².